The second kappa shape index (κ2) is 5.62. The molecular formula is C12H15NO6. The lowest BCUT2D eigenvalue weighted by atomic mass is 10.0. The molecule has 0 bridgehead atoms. The van der Waals surface area contributed by atoms with Gasteiger partial charge in [-0.3, -0.25) is 4.98 Å². The molecule has 2 heterocycles. The summed E-state index contributed by atoms with van der Waals surface area (Å²) in [5.41, 5.74) is 0.330. The third kappa shape index (κ3) is 2.45. The Labute approximate surface area is 109 Å². The van der Waals surface area contributed by atoms with Crippen molar-refractivity contribution in [3.63, 3.8) is 0 Å². The summed E-state index contributed by atoms with van der Waals surface area (Å²) in [6.07, 6.45) is -2.95. The minimum absolute atomic E-state index is 0.153. The summed E-state index contributed by atoms with van der Waals surface area (Å²) in [5, 5.41) is 28.6. The second-order valence-corrected chi connectivity index (χ2v) is 4.19. The van der Waals surface area contributed by atoms with Crippen LogP contribution in [-0.2, 0) is 9.47 Å². The summed E-state index contributed by atoms with van der Waals surface area (Å²) in [6, 6.07) is 3.04. The SMILES string of the molecule is COC(=O)c1cccnc1[C@H]1O[C@H](CO)[C@@H](O)[C@H]1O. The highest BCUT2D eigenvalue weighted by atomic mass is 16.6. The van der Waals surface area contributed by atoms with E-state index in [1.54, 1.807) is 6.07 Å². The van der Waals surface area contributed by atoms with E-state index in [0.717, 1.165) is 0 Å². The molecule has 7 nitrogen and oxygen atoms in total. The molecule has 1 aromatic heterocycles. The molecule has 1 aliphatic rings. The van der Waals surface area contributed by atoms with Gasteiger partial charge in [-0.05, 0) is 12.1 Å². The van der Waals surface area contributed by atoms with Gasteiger partial charge >= 0.3 is 5.97 Å². The largest absolute Gasteiger partial charge is 0.465 e. The fourth-order valence-electron chi connectivity index (χ4n) is 2.05. The zero-order valence-electron chi connectivity index (χ0n) is 10.3. The highest BCUT2D eigenvalue weighted by Gasteiger charge is 2.45. The van der Waals surface area contributed by atoms with Gasteiger partial charge in [0.25, 0.3) is 0 Å². The molecule has 0 spiro atoms. The molecule has 0 radical (unpaired) electrons. The number of nitrogens with zero attached hydrogens (tertiary/aromatic N) is 1. The molecule has 104 valence electrons. The summed E-state index contributed by atoms with van der Waals surface area (Å²) in [6.45, 7) is -0.435. The predicted molar refractivity (Wildman–Crippen MR) is 62.3 cm³/mol. The second-order valence-electron chi connectivity index (χ2n) is 4.19. The van der Waals surface area contributed by atoms with E-state index >= 15 is 0 Å². The Hall–Kier alpha value is -1.54. The van der Waals surface area contributed by atoms with Crippen molar-refractivity contribution in [1.29, 1.82) is 0 Å². The Balaban J connectivity index is 2.35. The van der Waals surface area contributed by atoms with Crippen molar-refractivity contribution in [2.75, 3.05) is 13.7 Å². The van der Waals surface area contributed by atoms with Crippen LogP contribution in [0, 0.1) is 0 Å². The lowest BCUT2D eigenvalue weighted by Gasteiger charge is -2.16. The maximum Gasteiger partial charge on any atom is 0.339 e. The highest BCUT2D eigenvalue weighted by molar-refractivity contribution is 5.90. The van der Waals surface area contributed by atoms with E-state index in [0.29, 0.717) is 0 Å². The van der Waals surface area contributed by atoms with Crippen LogP contribution in [0.1, 0.15) is 22.2 Å². The van der Waals surface area contributed by atoms with Crippen molar-refractivity contribution >= 4 is 5.97 Å². The Bertz CT molecular complexity index is 465. The standard InChI is InChI=1S/C12H15NO6/c1-18-12(17)6-3-2-4-13-8(6)11-10(16)9(15)7(5-14)19-11/h2-4,7,9-11,14-16H,5H2,1H3/t7-,9-,10-,11-/m1/s1. The molecule has 7 heteroatoms. The molecule has 2 rings (SSSR count). The van der Waals surface area contributed by atoms with E-state index < -0.39 is 37.0 Å². The van der Waals surface area contributed by atoms with Crippen LogP contribution in [0.5, 0.6) is 0 Å². The van der Waals surface area contributed by atoms with Gasteiger partial charge in [-0.1, -0.05) is 0 Å². The molecule has 1 aromatic rings. The third-order valence-electron chi connectivity index (χ3n) is 3.06. The van der Waals surface area contributed by atoms with Gasteiger partial charge < -0.3 is 24.8 Å². The number of carbonyl (C=O) groups excluding carboxylic acids is 1. The quantitative estimate of drug-likeness (QED) is 0.605. The number of hydrogen-bond donors (Lipinski definition) is 3. The van der Waals surface area contributed by atoms with Crippen molar-refractivity contribution < 1.29 is 29.6 Å². The topological polar surface area (TPSA) is 109 Å². The molecule has 3 N–H and O–H groups in total. The number of rotatable bonds is 3. The van der Waals surface area contributed by atoms with Crippen LogP contribution in [0.25, 0.3) is 0 Å². The van der Waals surface area contributed by atoms with Gasteiger partial charge in [0.15, 0.2) is 0 Å². The van der Waals surface area contributed by atoms with Crippen molar-refractivity contribution in [1.82, 2.24) is 4.98 Å². The van der Waals surface area contributed by atoms with Crippen LogP contribution in [0.4, 0.5) is 0 Å². The number of carbonyl (C=O) groups is 1. The highest BCUT2D eigenvalue weighted by Crippen LogP contribution is 2.34. The molecule has 0 aliphatic carbocycles. The molecule has 4 atom stereocenters. The first-order valence-corrected chi connectivity index (χ1v) is 5.75. The molecular weight excluding hydrogens is 254 g/mol. The molecule has 19 heavy (non-hydrogen) atoms. The van der Waals surface area contributed by atoms with E-state index in [9.17, 15) is 15.0 Å². The van der Waals surface area contributed by atoms with Gasteiger partial charge in [-0.2, -0.15) is 0 Å². The third-order valence-corrected chi connectivity index (χ3v) is 3.06. The monoisotopic (exact) mass is 269 g/mol. The summed E-state index contributed by atoms with van der Waals surface area (Å²) in [5.74, 6) is -0.610. The van der Waals surface area contributed by atoms with Crippen LogP contribution >= 0.6 is 0 Å². The zero-order chi connectivity index (χ0) is 14.0. The van der Waals surface area contributed by atoms with E-state index in [2.05, 4.69) is 9.72 Å². The summed E-state index contributed by atoms with van der Waals surface area (Å²) in [4.78, 5) is 15.6. The molecule has 1 aliphatic heterocycles. The Kier molecular flexibility index (Phi) is 4.11. The van der Waals surface area contributed by atoms with E-state index in [1.807, 2.05) is 0 Å². The van der Waals surface area contributed by atoms with Gasteiger partial charge in [0.05, 0.1) is 25.0 Å². The number of aromatic nitrogens is 1. The van der Waals surface area contributed by atoms with Crippen LogP contribution < -0.4 is 0 Å². The lowest BCUT2D eigenvalue weighted by Crippen LogP contribution is -2.32. The van der Waals surface area contributed by atoms with Gasteiger partial charge in [-0.25, -0.2) is 4.79 Å². The van der Waals surface area contributed by atoms with Crippen LogP contribution in [0.3, 0.4) is 0 Å². The molecule has 0 aromatic carbocycles. The van der Waals surface area contributed by atoms with Crippen LogP contribution in [0.2, 0.25) is 0 Å². The van der Waals surface area contributed by atoms with E-state index in [1.165, 1.54) is 19.4 Å². The molecule has 0 saturated carbocycles. The van der Waals surface area contributed by atoms with E-state index in [4.69, 9.17) is 9.84 Å². The van der Waals surface area contributed by atoms with Crippen molar-refractivity contribution in [2.45, 2.75) is 24.4 Å². The predicted octanol–water partition coefficient (Wildman–Crippen LogP) is -0.978. The minimum Gasteiger partial charge on any atom is -0.465 e. The Morgan fingerprint density at radius 1 is 1.47 bits per heavy atom. The number of hydrogen-bond acceptors (Lipinski definition) is 7. The van der Waals surface area contributed by atoms with Crippen LogP contribution in [0.15, 0.2) is 18.3 Å². The van der Waals surface area contributed by atoms with Crippen molar-refractivity contribution in [3.8, 4) is 0 Å². The maximum absolute atomic E-state index is 11.6. The first-order chi connectivity index (χ1) is 9.10. The fraction of sp³-hybridized carbons (Fsp3) is 0.500. The van der Waals surface area contributed by atoms with E-state index in [-0.39, 0.29) is 11.3 Å². The number of aliphatic hydroxyl groups is 3. The Morgan fingerprint density at radius 3 is 2.79 bits per heavy atom. The van der Waals surface area contributed by atoms with Crippen molar-refractivity contribution in [2.24, 2.45) is 0 Å². The minimum atomic E-state index is -1.27. The van der Waals surface area contributed by atoms with Gasteiger partial charge in [-0.15, -0.1) is 0 Å². The number of methoxy groups -OCH3 is 1. The smallest absolute Gasteiger partial charge is 0.339 e. The van der Waals surface area contributed by atoms with Crippen LogP contribution in [-0.4, -0.2) is 58.3 Å². The average Bonchev–Trinajstić information content (AvgIpc) is 2.74. The summed E-state index contributed by atoms with van der Waals surface area (Å²) >= 11 is 0. The number of ether oxygens (including phenoxy) is 2. The first kappa shape index (κ1) is 13.9. The summed E-state index contributed by atoms with van der Waals surface area (Å²) in [7, 11) is 1.23. The number of esters is 1. The lowest BCUT2D eigenvalue weighted by molar-refractivity contribution is -0.0242. The van der Waals surface area contributed by atoms with Gasteiger partial charge in [0.1, 0.15) is 24.4 Å². The number of aliphatic hydroxyl groups excluding tert-OH is 3. The maximum atomic E-state index is 11.6. The Morgan fingerprint density at radius 2 is 2.21 bits per heavy atom. The fourth-order valence-corrected chi connectivity index (χ4v) is 2.05. The zero-order valence-corrected chi connectivity index (χ0v) is 10.3. The van der Waals surface area contributed by atoms with Gasteiger partial charge in [0, 0.05) is 6.20 Å². The molecule has 1 fully saturated rings. The normalized spacial score (nSPS) is 30.3. The van der Waals surface area contributed by atoms with Gasteiger partial charge in [0.2, 0.25) is 0 Å². The molecule has 1 saturated heterocycles. The van der Waals surface area contributed by atoms with Crippen molar-refractivity contribution in [3.05, 3.63) is 29.6 Å². The summed E-state index contributed by atoms with van der Waals surface area (Å²) < 4.78 is 9.96. The molecule has 0 amide bonds. The molecule has 0 unspecified atom stereocenters. The number of pyridine rings is 1. The average molecular weight is 269 g/mol. The first-order valence-electron chi connectivity index (χ1n) is 5.75.